The van der Waals surface area contributed by atoms with Crippen LogP contribution in [-0.4, -0.2) is 51.2 Å². The van der Waals surface area contributed by atoms with E-state index in [2.05, 4.69) is 42.4 Å². The first kappa shape index (κ1) is 25.7. The molecule has 3 aromatic carbocycles. The molecule has 0 radical (unpaired) electrons. The van der Waals surface area contributed by atoms with Crippen molar-refractivity contribution in [3.05, 3.63) is 89.5 Å². The minimum absolute atomic E-state index is 0.0691. The van der Waals surface area contributed by atoms with Gasteiger partial charge in [-0.05, 0) is 73.4 Å². The standard InChI is InChI=1S/C30H37N3O3/c1-5-32(6-2)21-19-30(24-12-8-7-9-13-24)26-14-10-11-15-27(26)33(29(30)34)31-20-18-23-22-25(35-3)16-17-28(23)36-4/h7-17,22,31H,5-6,18-21H2,1-4H3. The van der Waals surface area contributed by atoms with Crippen LogP contribution in [0.25, 0.3) is 0 Å². The van der Waals surface area contributed by atoms with Gasteiger partial charge in [-0.25, -0.2) is 10.4 Å². The first-order chi connectivity index (χ1) is 17.6. The summed E-state index contributed by atoms with van der Waals surface area (Å²) in [5.41, 5.74) is 6.74. The van der Waals surface area contributed by atoms with E-state index in [9.17, 15) is 4.79 Å². The molecule has 190 valence electrons. The van der Waals surface area contributed by atoms with Crippen molar-refractivity contribution in [2.24, 2.45) is 0 Å². The highest BCUT2D eigenvalue weighted by atomic mass is 16.5. The molecule has 36 heavy (non-hydrogen) atoms. The van der Waals surface area contributed by atoms with Crippen molar-refractivity contribution in [3.63, 3.8) is 0 Å². The molecule has 0 saturated heterocycles. The summed E-state index contributed by atoms with van der Waals surface area (Å²) in [6.07, 6.45) is 1.40. The maximum absolute atomic E-state index is 14.3. The number of benzene rings is 3. The third-order valence-corrected chi connectivity index (χ3v) is 7.29. The van der Waals surface area contributed by atoms with Gasteiger partial charge in [0.05, 0.1) is 19.9 Å². The van der Waals surface area contributed by atoms with E-state index in [4.69, 9.17) is 9.47 Å². The molecule has 0 fully saturated rings. The van der Waals surface area contributed by atoms with Crippen molar-refractivity contribution in [1.82, 2.24) is 10.3 Å². The zero-order valence-electron chi connectivity index (χ0n) is 21.8. The number of nitrogens with zero attached hydrogens (tertiary/aromatic N) is 2. The van der Waals surface area contributed by atoms with Gasteiger partial charge in [-0.3, -0.25) is 4.79 Å². The maximum Gasteiger partial charge on any atom is 0.256 e. The van der Waals surface area contributed by atoms with Crippen LogP contribution in [0.15, 0.2) is 72.8 Å². The number of rotatable bonds is 12. The molecule has 3 aromatic rings. The van der Waals surface area contributed by atoms with E-state index in [1.54, 1.807) is 19.2 Å². The second-order valence-corrected chi connectivity index (χ2v) is 9.04. The summed E-state index contributed by atoms with van der Waals surface area (Å²) in [5.74, 6) is 1.66. The Hall–Kier alpha value is -3.35. The number of carbonyl (C=O) groups is 1. The van der Waals surface area contributed by atoms with Crippen LogP contribution in [0.4, 0.5) is 5.69 Å². The molecule has 1 unspecified atom stereocenters. The molecule has 0 bridgehead atoms. The Kier molecular flexibility index (Phi) is 8.28. The van der Waals surface area contributed by atoms with Crippen LogP contribution in [-0.2, 0) is 16.6 Å². The van der Waals surface area contributed by atoms with Crippen molar-refractivity contribution in [2.75, 3.05) is 45.4 Å². The molecule has 0 aliphatic carbocycles. The van der Waals surface area contributed by atoms with Crippen LogP contribution >= 0.6 is 0 Å². The van der Waals surface area contributed by atoms with Gasteiger partial charge >= 0.3 is 0 Å². The highest BCUT2D eigenvalue weighted by Crippen LogP contribution is 2.47. The average molecular weight is 488 g/mol. The SMILES string of the molecule is CCN(CC)CCC1(c2ccccc2)C(=O)N(NCCc2cc(OC)ccc2OC)c2ccccc21. The van der Waals surface area contributed by atoms with Crippen LogP contribution in [0.3, 0.4) is 0 Å². The average Bonchev–Trinajstić information content (AvgIpc) is 3.17. The van der Waals surface area contributed by atoms with E-state index >= 15 is 0 Å². The highest BCUT2D eigenvalue weighted by molar-refractivity contribution is 6.09. The van der Waals surface area contributed by atoms with Crippen LogP contribution in [0, 0.1) is 0 Å². The highest BCUT2D eigenvalue weighted by Gasteiger charge is 2.51. The maximum atomic E-state index is 14.3. The summed E-state index contributed by atoms with van der Waals surface area (Å²) in [6, 6.07) is 24.2. The van der Waals surface area contributed by atoms with E-state index in [-0.39, 0.29) is 5.91 Å². The van der Waals surface area contributed by atoms with Crippen molar-refractivity contribution in [3.8, 4) is 11.5 Å². The van der Waals surface area contributed by atoms with Gasteiger partial charge < -0.3 is 14.4 Å². The molecule has 6 nitrogen and oxygen atoms in total. The smallest absolute Gasteiger partial charge is 0.256 e. The fourth-order valence-electron chi connectivity index (χ4n) is 5.23. The van der Waals surface area contributed by atoms with Gasteiger partial charge in [-0.2, -0.15) is 0 Å². The van der Waals surface area contributed by atoms with Gasteiger partial charge in [-0.1, -0.05) is 62.4 Å². The Bertz CT molecular complexity index is 1160. The molecule has 0 aromatic heterocycles. The monoisotopic (exact) mass is 487 g/mol. The van der Waals surface area contributed by atoms with Crippen LogP contribution < -0.4 is 19.9 Å². The molecule has 0 spiro atoms. The minimum Gasteiger partial charge on any atom is -0.497 e. The number of ether oxygens (including phenoxy) is 2. The molecule has 1 heterocycles. The van der Waals surface area contributed by atoms with Crippen molar-refractivity contribution in [2.45, 2.75) is 32.1 Å². The molecular formula is C30H37N3O3. The fourth-order valence-corrected chi connectivity index (χ4v) is 5.23. The van der Waals surface area contributed by atoms with Crippen molar-refractivity contribution in [1.29, 1.82) is 0 Å². The Morgan fingerprint density at radius 1 is 0.917 bits per heavy atom. The van der Waals surface area contributed by atoms with Crippen molar-refractivity contribution < 1.29 is 14.3 Å². The lowest BCUT2D eigenvalue weighted by atomic mass is 9.72. The summed E-state index contributed by atoms with van der Waals surface area (Å²) >= 11 is 0. The van der Waals surface area contributed by atoms with E-state index in [1.165, 1.54) is 0 Å². The van der Waals surface area contributed by atoms with Gasteiger partial charge in [0.2, 0.25) is 0 Å². The van der Waals surface area contributed by atoms with Gasteiger partial charge in [0, 0.05) is 6.54 Å². The molecule has 0 saturated carbocycles. The van der Waals surface area contributed by atoms with E-state index < -0.39 is 5.41 Å². The molecule has 1 aliphatic rings. The lowest BCUT2D eigenvalue weighted by Crippen LogP contribution is -2.49. The number of hydrogen-bond acceptors (Lipinski definition) is 5. The zero-order valence-corrected chi connectivity index (χ0v) is 21.8. The van der Waals surface area contributed by atoms with E-state index in [0.29, 0.717) is 13.0 Å². The summed E-state index contributed by atoms with van der Waals surface area (Å²) in [6.45, 7) is 7.68. The Morgan fingerprint density at radius 3 is 2.33 bits per heavy atom. The summed E-state index contributed by atoms with van der Waals surface area (Å²) in [5, 5.41) is 1.76. The number of hydrogen-bond donors (Lipinski definition) is 1. The third kappa shape index (κ3) is 4.84. The Labute approximate surface area is 214 Å². The lowest BCUT2D eigenvalue weighted by molar-refractivity contribution is -0.122. The number of amides is 1. The number of fused-ring (bicyclic) bond motifs is 1. The number of nitrogens with one attached hydrogen (secondary N) is 1. The quantitative estimate of drug-likeness (QED) is 0.397. The Morgan fingerprint density at radius 2 is 1.64 bits per heavy atom. The number of anilines is 1. The topological polar surface area (TPSA) is 54.0 Å². The normalized spacial score (nSPS) is 16.9. The lowest BCUT2D eigenvalue weighted by Gasteiger charge is -2.32. The molecule has 6 heteroatoms. The van der Waals surface area contributed by atoms with E-state index in [1.807, 2.05) is 54.6 Å². The zero-order chi connectivity index (χ0) is 25.5. The predicted octanol–water partition coefficient (Wildman–Crippen LogP) is 4.82. The van der Waals surface area contributed by atoms with E-state index in [0.717, 1.165) is 59.9 Å². The summed E-state index contributed by atoms with van der Waals surface area (Å²) < 4.78 is 10.9. The van der Waals surface area contributed by atoms with Gasteiger partial charge in [0.25, 0.3) is 5.91 Å². The second-order valence-electron chi connectivity index (χ2n) is 9.04. The number of carbonyl (C=O) groups excluding carboxylic acids is 1. The fraction of sp³-hybridized carbons (Fsp3) is 0.367. The molecule has 1 amide bonds. The largest absolute Gasteiger partial charge is 0.497 e. The van der Waals surface area contributed by atoms with Gasteiger partial charge in [0.15, 0.2) is 0 Å². The van der Waals surface area contributed by atoms with Crippen molar-refractivity contribution >= 4 is 11.6 Å². The Balaban J connectivity index is 1.65. The molecule has 1 N–H and O–H groups in total. The number of methoxy groups -OCH3 is 2. The predicted molar refractivity (Wildman–Crippen MR) is 145 cm³/mol. The van der Waals surface area contributed by atoms with Crippen LogP contribution in [0.2, 0.25) is 0 Å². The molecule has 4 rings (SSSR count). The summed E-state index contributed by atoms with van der Waals surface area (Å²) in [4.78, 5) is 16.7. The molecule has 1 aliphatic heterocycles. The van der Waals surface area contributed by atoms with Crippen LogP contribution in [0.5, 0.6) is 11.5 Å². The first-order valence-corrected chi connectivity index (χ1v) is 12.7. The number of para-hydroxylation sites is 1. The van der Waals surface area contributed by atoms with Gasteiger partial charge in [-0.15, -0.1) is 0 Å². The molecular weight excluding hydrogens is 450 g/mol. The minimum atomic E-state index is -0.735. The van der Waals surface area contributed by atoms with Gasteiger partial charge in [0.1, 0.15) is 16.9 Å². The van der Waals surface area contributed by atoms with Crippen LogP contribution in [0.1, 0.15) is 37.0 Å². The third-order valence-electron chi connectivity index (χ3n) is 7.29. The summed E-state index contributed by atoms with van der Waals surface area (Å²) in [7, 11) is 3.33. The number of hydrazine groups is 1. The molecule has 1 atom stereocenters. The first-order valence-electron chi connectivity index (χ1n) is 12.7. The second kappa shape index (κ2) is 11.6.